The minimum atomic E-state index is -0.460. The van der Waals surface area contributed by atoms with E-state index in [-0.39, 0.29) is 0 Å². The number of aromatic nitrogens is 4. The van der Waals surface area contributed by atoms with Crippen molar-refractivity contribution >= 4 is 43.2 Å². The average Bonchev–Trinajstić information content (AvgIpc) is 2.89. The molecule has 2 heterocycles. The number of aryl methyl sites for hydroxylation is 1. The monoisotopic (exact) mass is 412 g/mol. The van der Waals surface area contributed by atoms with Gasteiger partial charge in [0, 0.05) is 11.5 Å². The van der Waals surface area contributed by atoms with E-state index in [4.69, 9.17) is 0 Å². The van der Waals surface area contributed by atoms with Crippen molar-refractivity contribution in [2.24, 2.45) is 7.05 Å². The van der Waals surface area contributed by atoms with Gasteiger partial charge in [-0.3, -0.25) is 9.36 Å². The lowest BCUT2D eigenvalue weighted by Gasteiger charge is -2.07. The lowest BCUT2D eigenvalue weighted by atomic mass is 10.2. The summed E-state index contributed by atoms with van der Waals surface area (Å²) in [6.45, 7) is 0.484. The third-order valence-corrected chi connectivity index (χ3v) is 4.67. The highest BCUT2D eigenvalue weighted by Gasteiger charge is 2.15. The number of fused-ring (bicyclic) bond motifs is 1. The van der Waals surface area contributed by atoms with Crippen molar-refractivity contribution in [3.05, 3.63) is 61.5 Å². The summed E-state index contributed by atoms with van der Waals surface area (Å²) in [5.41, 5.74) is 0.889. The van der Waals surface area contributed by atoms with Crippen LogP contribution in [0.3, 0.4) is 0 Å². The summed E-state index contributed by atoms with van der Waals surface area (Å²) < 4.78 is 4.93. The third-order valence-electron chi connectivity index (χ3n) is 3.27. The Morgan fingerprint density at radius 2 is 1.95 bits per heavy atom. The maximum absolute atomic E-state index is 12.3. The highest BCUT2D eigenvalue weighted by molar-refractivity contribution is 9.10. The molecule has 0 N–H and O–H groups in total. The molecule has 0 amide bonds. The Balaban J connectivity index is 2.24. The van der Waals surface area contributed by atoms with Gasteiger partial charge in [0.25, 0.3) is 5.56 Å². The molecule has 0 saturated heterocycles. The van der Waals surface area contributed by atoms with Gasteiger partial charge in [0.2, 0.25) is 0 Å². The van der Waals surface area contributed by atoms with Crippen molar-refractivity contribution in [3.63, 3.8) is 0 Å². The minimum Gasteiger partial charge on any atom is -0.320 e. The highest BCUT2D eigenvalue weighted by Crippen LogP contribution is 2.18. The molecule has 3 rings (SSSR count). The quantitative estimate of drug-likeness (QED) is 0.644. The van der Waals surface area contributed by atoms with Crippen LogP contribution < -0.4 is 11.2 Å². The van der Waals surface area contributed by atoms with Gasteiger partial charge in [-0.25, -0.2) is 9.78 Å². The number of nitrogens with zero attached hydrogens (tertiary/aromatic N) is 4. The molecule has 3 aromatic rings. The number of rotatable bonds is 2. The predicted molar refractivity (Wildman–Crippen MR) is 86.8 cm³/mol. The fourth-order valence-electron chi connectivity index (χ4n) is 2.17. The van der Waals surface area contributed by atoms with Gasteiger partial charge in [-0.1, -0.05) is 34.1 Å². The summed E-state index contributed by atoms with van der Waals surface area (Å²) in [6.07, 6.45) is 1.57. The molecule has 2 aromatic heterocycles. The SMILES string of the molecule is Cn1c(=O)n(Br)c(=O)c2c1ncn2Cc1ccccc1Br. The molecule has 0 atom stereocenters. The molecule has 21 heavy (non-hydrogen) atoms. The van der Waals surface area contributed by atoms with Gasteiger partial charge >= 0.3 is 5.69 Å². The van der Waals surface area contributed by atoms with Crippen LogP contribution in [0.1, 0.15) is 5.56 Å². The molecule has 108 valence electrons. The molecule has 0 spiro atoms. The molecular formula is C13H10Br2N4O2. The second-order valence-corrected chi connectivity index (χ2v) is 6.13. The number of imidazole rings is 1. The van der Waals surface area contributed by atoms with E-state index < -0.39 is 11.2 Å². The lowest BCUT2D eigenvalue weighted by Crippen LogP contribution is -2.34. The zero-order chi connectivity index (χ0) is 15.1. The fraction of sp³-hybridized carbons (Fsp3) is 0.154. The van der Waals surface area contributed by atoms with Crippen molar-refractivity contribution in [3.8, 4) is 0 Å². The average molecular weight is 414 g/mol. The molecule has 0 aliphatic rings. The number of hydrogen-bond acceptors (Lipinski definition) is 3. The largest absolute Gasteiger partial charge is 0.342 e. The van der Waals surface area contributed by atoms with Crippen LogP contribution in [0.25, 0.3) is 11.2 Å². The molecule has 8 heteroatoms. The van der Waals surface area contributed by atoms with Crippen LogP contribution in [-0.2, 0) is 13.6 Å². The van der Waals surface area contributed by atoms with Gasteiger partial charge in [0.1, 0.15) is 0 Å². The summed E-state index contributed by atoms with van der Waals surface area (Å²) in [5, 5.41) is 0. The Labute approximate surface area is 136 Å². The van der Waals surface area contributed by atoms with Crippen LogP contribution in [-0.4, -0.2) is 17.7 Å². The van der Waals surface area contributed by atoms with Crippen LogP contribution in [0.15, 0.2) is 44.7 Å². The molecule has 6 nitrogen and oxygen atoms in total. The number of hydrogen-bond donors (Lipinski definition) is 0. The van der Waals surface area contributed by atoms with Gasteiger partial charge < -0.3 is 4.57 Å². The number of halogens is 2. The van der Waals surface area contributed by atoms with Gasteiger partial charge in [-0.15, -0.1) is 0 Å². The minimum absolute atomic E-state index is 0.368. The Bertz CT molecular complexity index is 955. The maximum atomic E-state index is 12.3. The molecule has 0 bridgehead atoms. The molecule has 0 unspecified atom stereocenters. The van der Waals surface area contributed by atoms with Crippen molar-refractivity contribution in [1.82, 2.24) is 17.7 Å². The van der Waals surface area contributed by atoms with E-state index in [1.807, 2.05) is 24.3 Å². The smallest absolute Gasteiger partial charge is 0.320 e. The number of benzene rings is 1. The first-order valence-electron chi connectivity index (χ1n) is 6.07. The Kier molecular flexibility index (Phi) is 3.58. The normalized spacial score (nSPS) is 11.2. The fourth-order valence-corrected chi connectivity index (χ4v) is 2.98. The first-order valence-corrected chi connectivity index (χ1v) is 7.57. The summed E-state index contributed by atoms with van der Waals surface area (Å²) in [5.74, 6) is 0. The molecule has 0 aliphatic carbocycles. The maximum Gasteiger partial charge on any atom is 0.342 e. The predicted octanol–water partition coefficient (Wildman–Crippen LogP) is 1.87. The van der Waals surface area contributed by atoms with E-state index >= 15 is 0 Å². The van der Waals surface area contributed by atoms with E-state index in [9.17, 15) is 9.59 Å². The first kappa shape index (κ1) is 14.3. The van der Waals surface area contributed by atoms with Gasteiger partial charge in [-0.05, 0) is 11.6 Å². The van der Waals surface area contributed by atoms with Gasteiger partial charge in [0.05, 0.1) is 29.0 Å². The molecule has 0 fully saturated rings. The highest BCUT2D eigenvalue weighted by atomic mass is 79.9. The third kappa shape index (κ3) is 2.28. The summed E-state index contributed by atoms with van der Waals surface area (Å²) >= 11 is 6.47. The second-order valence-electron chi connectivity index (χ2n) is 4.56. The van der Waals surface area contributed by atoms with Crippen molar-refractivity contribution in [2.75, 3.05) is 0 Å². The van der Waals surface area contributed by atoms with Crippen molar-refractivity contribution in [2.45, 2.75) is 6.54 Å². The molecule has 0 radical (unpaired) electrons. The molecule has 0 aliphatic heterocycles. The second kappa shape index (κ2) is 5.27. The zero-order valence-corrected chi connectivity index (χ0v) is 14.1. The van der Waals surface area contributed by atoms with E-state index in [0.29, 0.717) is 17.7 Å². The van der Waals surface area contributed by atoms with Gasteiger partial charge in [0.15, 0.2) is 11.2 Å². The van der Waals surface area contributed by atoms with E-state index in [1.165, 1.54) is 4.57 Å². The Morgan fingerprint density at radius 1 is 1.24 bits per heavy atom. The van der Waals surface area contributed by atoms with Crippen LogP contribution in [0.4, 0.5) is 0 Å². The summed E-state index contributed by atoms with van der Waals surface area (Å²) in [4.78, 5) is 28.3. The zero-order valence-electron chi connectivity index (χ0n) is 11.0. The van der Waals surface area contributed by atoms with E-state index in [0.717, 1.165) is 13.6 Å². The van der Waals surface area contributed by atoms with E-state index in [2.05, 4.69) is 37.1 Å². The molecule has 0 saturated carbocycles. The Hall–Kier alpha value is -1.67. The standard InChI is InChI=1S/C13H10Br2N4O2/c1-17-11-10(12(20)19(15)13(17)21)18(7-16-11)6-8-4-2-3-5-9(8)14/h2-5,7H,6H2,1H3. The van der Waals surface area contributed by atoms with Crippen LogP contribution >= 0.6 is 32.1 Å². The molecule has 1 aromatic carbocycles. The molecular weight excluding hydrogens is 404 g/mol. The Morgan fingerprint density at radius 3 is 2.67 bits per heavy atom. The van der Waals surface area contributed by atoms with Crippen LogP contribution in [0, 0.1) is 0 Å². The van der Waals surface area contributed by atoms with E-state index in [1.54, 1.807) is 17.9 Å². The first-order chi connectivity index (χ1) is 10.0. The lowest BCUT2D eigenvalue weighted by molar-refractivity contribution is 0.796. The van der Waals surface area contributed by atoms with Crippen molar-refractivity contribution in [1.29, 1.82) is 0 Å². The topological polar surface area (TPSA) is 61.8 Å². The van der Waals surface area contributed by atoms with Gasteiger partial charge in [-0.2, -0.15) is 3.59 Å². The van der Waals surface area contributed by atoms with Crippen molar-refractivity contribution < 1.29 is 0 Å². The summed E-state index contributed by atoms with van der Waals surface area (Å²) in [7, 11) is 1.58. The van der Waals surface area contributed by atoms with Crippen LogP contribution in [0.5, 0.6) is 0 Å². The summed E-state index contributed by atoms with van der Waals surface area (Å²) in [6, 6.07) is 7.75. The van der Waals surface area contributed by atoms with Crippen LogP contribution in [0.2, 0.25) is 0 Å².